The van der Waals surface area contributed by atoms with E-state index in [1.54, 1.807) is 6.20 Å². The minimum absolute atomic E-state index is 0.0207. The van der Waals surface area contributed by atoms with Gasteiger partial charge >= 0.3 is 6.09 Å². The van der Waals surface area contributed by atoms with Gasteiger partial charge < -0.3 is 35.9 Å². The average molecular weight is 630 g/mol. The molecule has 3 amide bonds. The predicted molar refractivity (Wildman–Crippen MR) is 175 cm³/mol. The zero-order valence-corrected chi connectivity index (χ0v) is 26.2. The van der Waals surface area contributed by atoms with Crippen molar-refractivity contribution in [2.24, 2.45) is 5.92 Å². The molecule has 0 saturated heterocycles. The normalized spacial score (nSPS) is 13.8. The zero-order chi connectivity index (χ0) is 32.9. The Morgan fingerprint density at radius 3 is 2.28 bits per heavy atom. The SMILES string of the molecule is CC(C)C[C@H](NC(=O)[C@H](Cc1c[nH]cn1)NC(=O)[C@H](Cc1cccc2ccccc12)NC(=O)OCc1ccccc1)C(O)CCO. The molecule has 11 heteroatoms. The second kappa shape index (κ2) is 17.1. The Bertz CT molecular complexity index is 1540. The molecule has 1 aromatic heterocycles. The van der Waals surface area contributed by atoms with E-state index in [9.17, 15) is 24.6 Å². The number of imidazole rings is 1. The van der Waals surface area contributed by atoms with E-state index in [0.29, 0.717) is 12.1 Å². The van der Waals surface area contributed by atoms with Crippen molar-refractivity contribution >= 4 is 28.7 Å². The number of nitrogens with zero attached hydrogens (tertiary/aromatic N) is 1. The van der Waals surface area contributed by atoms with E-state index >= 15 is 0 Å². The molecule has 4 atom stereocenters. The average Bonchev–Trinajstić information content (AvgIpc) is 3.56. The van der Waals surface area contributed by atoms with E-state index < -0.39 is 42.1 Å². The zero-order valence-electron chi connectivity index (χ0n) is 26.2. The summed E-state index contributed by atoms with van der Waals surface area (Å²) in [5.74, 6) is -0.958. The first-order valence-electron chi connectivity index (χ1n) is 15.5. The molecule has 0 aliphatic heterocycles. The van der Waals surface area contributed by atoms with Gasteiger partial charge in [-0.1, -0.05) is 86.6 Å². The highest BCUT2D eigenvalue weighted by atomic mass is 16.5. The number of aliphatic hydroxyl groups is 2. The maximum Gasteiger partial charge on any atom is 0.408 e. The van der Waals surface area contributed by atoms with Crippen LogP contribution >= 0.6 is 0 Å². The summed E-state index contributed by atoms with van der Waals surface area (Å²) in [4.78, 5) is 47.7. The molecule has 4 rings (SSSR count). The van der Waals surface area contributed by atoms with Crippen molar-refractivity contribution in [1.29, 1.82) is 0 Å². The Labute approximate surface area is 268 Å². The van der Waals surface area contributed by atoms with Gasteiger partial charge in [0.1, 0.15) is 18.7 Å². The van der Waals surface area contributed by atoms with E-state index in [-0.39, 0.29) is 38.4 Å². The van der Waals surface area contributed by atoms with Gasteiger partial charge in [-0.3, -0.25) is 9.59 Å². The number of nitrogens with one attached hydrogen (secondary N) is 4. The maximum absolute atomic E-state index is 14.0. The topological polar surface area (TPSA) is 166 Å². The summed E-state index contributed by atoms with van der Waals surface area (Å²) < 4.78 is 5.44. The van der Waals surface area contributed by atoms with Crippen molar-refractivity contribution in [3.63, 3.8) is 0 Å². The fourth-order valence-electron chi connectivity index (χ4n) is 5.34. The molecule has 0 aliphatic carbocycles. The molecule has 46 heavy (non-hydrogen) atoms. The number of carbonyl (C=O) groups excluding carboxylic acids is 3. The molecule has 11 nitrogen and oxygen atoms in total. The Balaban J connectivity index is 1.57. The summed E-state index contributed by atoms with van der Waals surface area (Å²) in [6.45, 7) is 3.72. The lowest BCUT2D eigenvalue weighted by molar-refractivity contribution is -0.131. The number of alkyl carbamates (subject to hydrolysis) is 1. The van der Waals surface area contributed by atoms with Gasteiger partial charge in [-0.2, -0.15) is 0 Å². The lowest BCUT2D eigenvalue weighted by Gasteiger charge is -2.28. The van der Waals surface area contributed by atoms with Crippen molar-refractivity contribution in [1.82, 2.24) is 25.9 Å². The molecular weight excluding hydrogens is 586 g/mol. The second-order valence-corrected chi connectivity index (χ2v) is 11.8. The number of fused-ring (bicyclic) bond motifs is 1. The molecule has 0 bridgehead atoms. The van der Waals surface area contributed by atoms with E-state index in [0.717, 1.165) is 21.9 Å². The van der Waals surface area contributed by atoms with Crippen LogP contribution < -0.4 is 16.0 Å². The number of carbonyl (C=O) groups is 3. The smallest absolute Gasteiger partial charge is 0.408 e. The maximum atomic E-state index is 14.0. The lowest BCUT2D eigenvalue weighted by atomic mass is 9.96. The van der Waals surface area contributed by atoms with Gasteiger partial charge in [0.25, 0.3) is 0 Å². The number of aromatic nitrogens is 2. The van der Waals surface area contributed by atoms with Crippen LogP contribution in [0, 0.1) is 5.92 Å². The van der Waals surface area contributed by atoms with Gasteiger partial charge in [0, 0.05) is 25.6 Å². The standard InChI is InChI=1S/C35H43N5O6/c1-23(2)17-29(32(42)15-16-41)38-34(44)31(19-27-20-36-22-37-27)39-33(43)30(40-35(45)46-21-24-9-4-3-5-10-24)18-26-13-8-12-25-11-6-7-14-28(25)26/h3-14,20,22-23,29-32,41-42H,15-19,21H2,1-2H3,(H,36,37)(H,38,44)(H,39,43)(H,40,45)/t29-,30-,31-,32?/m0/s1. The fraction of sp³-hybridized carbons (Fsp3) is 0.371. The molecule has 1 unspecified atom stereocenters. The van der Waals surface area contributed by atoms with Crippen LogP contribution in [0.15, 0.2) is 85.3 Å². The molecule has 3 aromatic carbocycles. The number of hydrogen-bond donors (Lipinski definition) is 6. The molecule has 0 radical (unpaired) electrons. The van der Waals surface area contributed by atoms with Crippen LogP contribution in [0.5, 0.6) is 0 Å². The Morgan fingerprint density at radius 2 is 1.57 bits per heavy atom. The summed E-state index contributed by atoms with van der Waals surface area (Å²) in [6.07, 6.45) is 2.11. The Morgan fingerprint density at radius 1 is 0.870 bits per heavy atom. The minimum atomic E-state index is -1.09. The van der Waals surface area contributed by atoms with Crippen molar-refractivity contribution in [3.05, 3.63) is 102 Å². The molecular formula is C35H43N5O6. The Hall–Kier alpha value is -4.74. The third-order valence-electron chi connectivity index (χ3n) is 7.67. The van der Waals surface area contributed by atoms with Gasteiger partial charge in [0.15, 0.2) is 0 Å². The van der Waals surface area contributed by atoms with Crippen LogP contribution in [0.2, 0.25) is 0 Å². The predicted octanol–water partition coefficient (Wildman–Crippen LogP) is 3.40. The molecule has 0 aliphatic rings. The molecule has 244 valence electrons. The Kier molecular flexibility index (Phi) is 12.7. The molecule has 1 heterocycles. The number of rotatable bonds is 16. The van der Waals surface area contributed by atoms with Crippen LogP contribution in [-0.4, -0.2) is 68.9 Å². The van der Waals surface area contributed by atoms with Crippen LogP contribution in [0.1, 0.15) is 43.5 Å². The van der Waals surface area contributed by atoms with Crippen LogP contribution in [0.25, 0.3) is 10.8 Å². The molecule has 4 aromatic rings. The van der Waals surface area contributed by atoms with Crippen molar-refractivity contribution < 1.29 is 29.3 Å². The first-order valence-corrected chi connectivity index (χ1v) is 15.5. The van der Waals surface area contributed by atoms with Crippen molar-refractivity contribution in [3.8, 4) is 0 Å². The van der Waals surface area contributed by atoms with E-state index in [1.165, 1.54) is 6.33 Å². The number of aliphatic hydroxyl groups excluding tert-OH is 2. The van der Waals surface area contributed by atoms with Gasteiger partial charge in [-0.05, 0) is 40.7 Å². The quantitative estimate of drug-likeness (QED) is 0.111. The number of benzene rings is 3. The van der Waals surface area contributed by atoms with Crippen LogP contribution in [-0.2, 0) is 33.8 Å². The van der Waals surface area contributed by atoms with Gasteiger partial charge in [-0.15, -0.1) is 0 Å². The lowest BCUT2D eigenvalue weighted by Crippen LogP contribution is -2.57. The first-order chi connectivity index (χ1) is 22.2. The molecule has 0 saturated carbocycles. The third kappa shape index (κ3) is 10.1. The van der Waals surface area contributed by atoms with E-state index in [1.807, 2.05) is 86.6 Å². The number of H-pyrrole nitrogens is 1. The number of ether oxygens (including phenoxy) is 1. The monoisotopic (exact) mass is 629 g/mol. The first kappa shape index (κ1) is 34.1. The highest BCUT2D eigenvalue weighted by Gasteiger charge is 2.31. The summed E-state index contributed by atoms with van der Waals surface area (Å²) in [5, 5.41) is 30.4. The summed E-state index contributed by atoms with van der Waals surface area (Å²) in [7, 11) is 0. The number of amides is 3. The van der Waals surface area contributed by atoms with Crippen LogP contribution in [0.3, 0.4) is 0 Å². The highest BCUT2D eigenvalue weighted by molar-refractivity contribution is 5.93. The number of aromatic amines is 1. The van der Waals surface area contributed by atoms with Crippen LogP contribution in [0.4, 0.5) is 4.79 Å². The van der Waals surface area contributed by atoms with Gasteiger partial charge in [-0.25, -0.2) is 9.78 Å². The fourth-order valence-corrected chi connectivity index (χ4v) is 5.34. The third-order valence-corrected chi connectivity index (χ3v) is 7.67. The largest absolute Gasteiger partial charge is 0.445 e. The highest BCUT2D eigenvalue weighted by Crippen LogP contribution is 2.20. The molecule has 6 N–H and O–H groups in total. The molecule has 0 fully saturated rings. The summed E-state index contributed by atoms with van der Waals surface area (Å²) in [5.41, 5.74) is 2.17. The summed E-state index contributed by atoms with van der Waals surface area (Å²) in [6, 6.07) is 19.9. The molecule has 0 spiro atoms. The number of hydrogen-bond acceptors (Lipinski definition) is 7. The van der Waals surface area contributed by atoms with Gasteiger partial charge in [0.05, 0.1) is 24.2 Å². The second-order valence-electron chi connectivity index (χ2n) is 11.8. The van der Waals surface area contributed by atoms with E-state index in [2.05, 4.69) is 25.9 Å². The van der Waals surface area contributed by atoms with E-state index in [4.69, 9.17) is 4.74 Å². The summed E-state index contributed by atoms with van der Waals surface area (Å²) >= 11 is 0. The minimum Gasteiger partial charge on any atom is -0.445 e. The van der Waals surface area contributed by atoms with Gasteiger partial charge in [0.2, 0.25) is 11.8 Å². The van der Waals surface area contributed by atoms with Crippen molar-refractivity contribution in [2.45, 2.75) is 70.4 Å². The van der Waals surface area contributed by atoms with Crippen molar-refractivity contribution in [2.75, 3.05) is 6.61 Å².